The average Bonchev–Trinajstić information content (AvgIpc) is 3.00. The summed E-state index contributed by atoms with van der Waals surface area (Å²) in [5.74, 6) is 0.767. The van der Waals surface area contributed by atoms with Crippen molar-refractivity contribution in [1.29, 1.82) is 0 Å². The van der Waals surface area contributed by atoms with Gasteiger partial charge < -0.3 is 10.0 Å². The molecule has 0 saturated heterocycles. The monoisotopic (exact) mass is 291 g/mol. The van der Waals surface area contributed by atoms with E-state index in [9.17, 15) is 9.18 Å². The first-order chi connectivity index (χ1) is 10.0. The molecule has 4 heteroatoms. The Bertz CT molecular complexity index is 546. The molecule has 0 radical (unpaired) electrons. The van der Waals surface area contributed by atoms with E-state index in [2.05, 4.69) is 11.9 Å². The highest BCUT2D eigenvalue weighted by molar-refractivity contribution is 5.87. The number of nitrogens with zero attached hydrogens (tertiary/aromatic N) is 1. The first kappa shape index (κ1) is 14.5. The minimum Gasteiger partial charge on any atom is -0.478 e. The quantitative estimate of drug-likeness (QED) is 0.904. The van der Waals surface area contributed by atoms with Crippen LogP contribution >= 0.6 is 0 Å². The lowest BCUT2D eigenvalue weighted by Gasteiger charge is -2.27. The van der Waals surface area contributed by atoms with E-state index in [-0.39, 0.29) is 5.56 Å². The third-order valence-electron chi connectivity index (χ3n) is 5.15. The molecule has 0 aliphatic heterocycles. The van der Waals surface area contributed by atoms with Gasteiger partial charge in [0.15, 0.2) is 0 Å². The molecule has 3 unspecified atom stereocenters. The molecule has 0 heterocycles. The molecule has 3 rings (SSSR count). The minimum atomic E-state index is -1.21. The van der Waals surface area contributed by atoms with Gasteiger partial charge in [0.05, 0.1) is 5.56 Å². The van der Waals surface area contributed by atoms with Gasteiger partial charge in [0.25, 0.3) is 0 Å². The molecule has 1 N–H and O–H groups in total. The van der Waals surface area contributed by atoms with Crippen LogP contribution in [0.4, 0.5) is 4.39 Å². The van der Waals surface area contributed by atoms with Crippen LogP contribution in [0, 0.1) is 23.6 Å². The topological polar surface area (TPSA) is 40.5 Å². The second kappa shape index (κ2) is 5.76. The van der Waals surface area contributed by atoms with Crippen molar-refractivity contribution in [3.8, 4) is 0 Å². The van der Waals surface area contributed by atoms with Gasteiger partial charge in [0.1, 0.15) is 5.82 Å². The zero-order valence-corrected chi connectivity index (χ0v) is 12.4. The number of fused-ring (bicyclic) bond motifs is 2. The fourth-order valence-corrected chi connectivity index (χ4v) is 4.21. The second-order valence-electron chi connectivity index (χ2n) is 6.75. The standard InChI is InChI=1S/C17H22FNO2/c1-19(10-14-7-11-2-4-13(14)6-11)9-12-3-5-15(17(20)21)16(18)8-12/h3,5,8,11,13-14H,2,4,6-7,9-10H2,1H3,(H,20,21). The molecule has 1 aromatic rings. The molecule has 21 heavy (non-hydrogen) atoms. The predicted molar refractivity (Wildman–Crippen MR) is 78.6 cm³/mol. The summed E-state index contributed by atoms with van der Waals surface area (Å²) in [6, 6.07) is 4.42. The zero-order valence-electron chi connectivity index (χ0n) is 12.4. The molecule has 1 aromatic carbocycles. The van der Waals surface area contributed by atoms with E-state index in [0.717, 1.165) is 29.9 Å². The molecule has 3 nitrogen and oxygen atoms in total. The highest BCUT2D eigenvalue weighted by Crippen LogP contribution is 2.48. The van der Waals surface area contributed by atoms with Gasteiger partial charge in [-0.1, -0.05) is 12.5 Å². The summed E-state index contributed by atoms with van der Waals surface area (Å²) in [6.07, 6.45) is 5.54. The molecule has 0 aromatic heterocycles. The Hall–Kier alpha value is -1.42. The van der Waals surface area contributed by atoms with Crippen molar-refractivity contribution >= 4 is 5.97 Å². The Morgan fingerprint density at radius 1 is 1.38 bits per heavy atom. The maximum absolute atomic E-state index is 13.7. The van der Waals surface area contributed by atoms with Crippen molar-refractivity contribution in [3.63, 3.8) is 0 Å². The number of carbonyl (C=O) groups is 1. The van der Waals surface area contributed by atoms with Gasteiger partial charge in [-0.2, -0.15) is 0 Å². The molecule has 2 fully saturated rings. The molecule has 114 valence electrons. The summed E-state index contributed by atoms with van der Waals surface area (Å²) in [5, 5.41) is 8.84. The first-order valence-electron chi connectivity index (χ1n) is 7.73. The second-order valence-corrected chi connectivity index (χ2v) is 6.75. The van der Waals surface area contributed by atoms with Gasteiger partial charge in [0, 0.05) is 13.1 Å². The molecule has 2 aliphatic carbocycles. The van der Waals surface area contributed by atoms with Gasteiger partial charge in [-0.3, -0.25) is 0 Å². The van der Waals surface area contributed by atoms with Gasteiger partial charge >= 0.3 is 5.97 Å². The van der Waals surface area contributed by atoms with Crippen LogP contribution in [0.3, 0.4) is 0 Å². The highest BCUT2D eigenvalue weighted by Gasteiger charge is 2.39. The summed E-state index contributed by atoms with van der Waals surface area (Å²) >= 11 is 0. The number of benzene rings is 1. The van der Waals surface area contributed by atoms with Crippen LogP contribution in [0.25, 0.3) is 0 Å². The number of carboxylic acid groups (broad SMARTS) is 1. The summed E-state index contributed by atoms with van der Waals surface area (Å²) in [6.45, 7) is 1.73. The molecule has 0 spiro atoms. The van der Waals surface area contributed by atoms with E-state index in [1.54, 1.807) is 6.07 Å². The van der Waals surface area contributed by atoms with Crippen LogP contribution in [0.1, 0.15) is 41.6 Å². The molecule has 3 atom stereocenters. The molecule has 2 bridgehead atoms. The summed E-state index contributed by atoms with van der Waals surface area (Å²) in [7, 11) is 2.06. The number of rotatable bonds is 5. The van der Waals surface area contributed by atoms with Gasteiger partial charge in [-0.15, -0.1) is 0 Å². The number of halogens is 1. The van der Waals surface area contributed by atoms with Crippen LogP contribution in [-0.4, -0.2) is 29.6 Å². The molecule has 2 saturated carbocycles. The first-order valence-corrected chi connectivity index (χ1v) is 7.73. The highest BCUT2D eigenvalue weighted by atomic mass is 19.1. The van der Waals surface area contributed by atoms with E-state index in [1.165, 1.54) is 37.8 Å². The Morgan fingerprint density at radius 3 is 2.76 bits per heavy atom. The van der Waals surface area contributed by atoms with Crippen molar-refractivity contribution in [2.24, 2.45) is 17.8 Å². The van der Waals surface area contributed by atoms with E-state index in [4.69, 9.17) is 5.11 Å². The van der Waals surface area contributed by atoms with E-state index >= 15 is 0 Å². The van der Waals surface area contributed by atoms with Gasteiger partial charge in [-0.25, -0.2) is 9.18 Å². The van der Waals surface area contributed by atoms with Gasteiger partial charge in [0.2, 0.25) is 0 Å². The largest absolute Gasteiger partial charge is 0.478 e. The zero-order chi connectivity index (χ0) is 15.0. The third kappa shape index (κ3) is 3.10. The van der Waals surface area contributed by atoms with E-state index in [0.29, 0.717) is 6.54 Å². The molecule has 2 aliphatic rings. The fraction of sp³-hybridized carbons (Fsp3) is 0.588. The van der Waals surface area contributed by atoms with Crippen molar-refractivity contribution in [2.45, 2.75) is 32.2 Å². The van der Waals surface area contributed by atoms with Gasteiger partial charge in [-0.05, 0) is 61.8 Å². The molecular weight excluding hydrogens is 269 g/mol. The maximum Gasteiger partial charge on any atom is 0.338 e. The number of hydrogen-bond acceptors (Lipinski definition) is 2. The normalized spacial score (nSPS) is 27.5. The van der Waals surface area contributed by atoms with Crippen LogP contribution in [-0.2, 0) is 6.54 Å². The lowest BCUT2D eigenvalue weighted by Crippen LogP contribution is -2.28. The van der Waals surface area contributed by atoms with Crippen LogP contribution in [0.2, 0.25) is 0 Å². The summed E-state index contributed by atoms with van der Waals surface area (Å²) in [4.78, 5) is 13.0. The van der Waals surface area contributed by atoms with Crippen molar-refractivity contribution in [3.05, 3.63) is 35.1 Å². The summed E-state index contributed by atoms with van der Waals surface area (Å²) in [5.41, 5.74) is 0.581. The number of aromatic carboxylic acids is 1. The predicted octanol–water partition coefficient (Wildman–Crippen LogP) is 3.39. The average molecular weight is 291 g/mol. The SMILES string of the molecule is CN(Cc1ccc(C(=O)O)c(F)c1)CC1CC2CCC1C2. The van der Waals surface area contributed by atoms with E-state index in [1.807, 2.05) is 0 Å². The Kier molecular flexibility index (Phi) is 3.98. The number of carboxylic acids is 1. The number of hydrogen-bond donors (Lipinski definition) is 1. The molecular formula is C17H22FNO2. The smallest absolute Gasteiger partial charge is 0.338 e. The fourth-order valence-electron chi connectivity index (χ4n) is 4.21. The van der Waals surface area contributed by atoms with Crippen molar-refractivity contribution in [1.82, 2.24) is 4.90 Å². The Balaban J connectivity index is 1.58. The molecule has 0 amide bonds. The van der Waals surface area contributed by atoms with Crippen molar-refractivity contribution < 1.29 is 14.3 Å². The van der Waals surface area contributed by atoms with E-state index < -0.39 is 11.8 Å². The van der Waals surface area contributed by atoms with Crippen LogP contribution in [0.15, 0.2) is 18.2 Å². The Labute approximate surface area is 124 Å². The van der Waals surface area contributed by atoms with Crippen molar-refractivity contribution in [2.75, 3.05) is 13.6 Å². The lowest BCUT2D eigenvalue weighted by atomic mass is 9.88. The third-order valence-corrected chi connectivity index (χ3v) is 5.15. The minimum absolute atomic E-state index is 0.255. The van der Waals surface area contributed by atoms with Crippen LogP contribution in [0.5, 0.6) is 0 Å². The Morgan fingerprint density at radius 2 is 2.19 bits per heavy atom. The van der Waals surface area contributed by atoms with Crippen LogP contribution < -0.4 is 0 Å². The lowest BCUT2D eigenvalue weighted by molar-refractivity contribution is 0.0692. The maximum atomic E-state index is 13.7. The summed E-state index contributed by atoms with van der Waals surface area (Å²) < 4.78 is 13.7.